The Labute approximate surface area is 121 Å². The van der Waals surface area contributed by atoms with E-state index in [1.807, 2.05) is 11.9 Å². The molecular formula is C14H18ClF3N2. The molecule has 6 heteroatoms. The van der Waals surface area contributed by atoms with Gasteiger partial charge in [0.15, 0.2) is 0 Å². The number of hydrogen-bond donors (Lipinski definition) is 1. The standard InChI is InChI=1S/C14H18ClF3N2/c1-9-8-20(4-3-13(9)19-2)12-6-10(14(16,17)18)5-11(15)7-12/h5-7,9,13,19H,3-4,8H2,1-2H3. The number of alkyl halides is 3. The number of hydrogen-bond acceptors (Lipinski definition) is 2. The van der Waals surface area contributed by atoms with Crippen LogP contribution in [0.4, 0.5) is 18.9 Å². The second-order valence-corrected chi connectivity index (χ2v) is 5.74. The molecule has 1 aromatic carbocycles. The van der Waals surface area contributed by atoms with Gasteiger partial charge in [0.1, 0.15) is 0 Å². The molecule has 2 nitrogen and oxygen atoms in total. The summed E-state index contributed by atoms with van der Waals surface area (Å²) in [6.45, 7) is 3.55. The summed E-state index contributed by atoms with van der Waals surface area (Å²) >= 11 is 5.83. The maximum atomic E-state index is 12.8. The Bertz CT molecular complexity index is 476. The van der Waals surface area contributed by atoms with Crippen LogP contribution in [0.3, 0.4) is 0 Å². The van der Waals surface area contributed by atoms with Gasteiger partial charge in [-0.05, 0) is 37.6 Å². The van der Waals surface area contributed by atoms with Gasteiger partial charge in [-0.2, -0.15) is 13.2 Å². The van der Waals surface area contributed by atoms with Crippen molar-refractivity contribution in [2.24, 2.45) is 5.92 Å². The highest BCUT2D eigenvalue weighted by Crippen LogP contribution is 2.35. The maximum Gasteiger partial charge on any atom is 0.416 e. The van der Waals surface area contributed by atoms with E-state index in [0.29, 0.717) is 17.6 Å². The van der Waals surface area contributed by atoms with E-state index in [1.165, 1.54) is 6.07 Å². The molecule has 20 heavy (non-hydrogen) atoms. The third-order valence-electron chi connectivity index (χ3n) is 3.85. The molecule has 1 fully saturated rings. The van der Waals surface area contributed by atoms with Crippen molar-refractivity contribution in [2.45, 2.75) is 25.6 Å². The summed E-state index contributed by atoms with van der Waals surface area (Å²) in [5.41, 5.74) is -0.144. The van der Waals surface area contributed by atoms with Gasteiger partial charge in [0.05, 0.1) is 5.56 Å². The Morgan fingerprint density at radius 3 is 2.55 bits per heavy atom. The van der Waals surface area contributed by atoms with Crippen LogP contribution in [0.5, 0.6) is 0 Å². The summed E-state index contributed by atoms with van der Waals surface area (Å²) in [6, 6.07) is 4.16. The zero-order valence-electron chi connectivity index (χ0n) is 11.5. The molecule has 0 bridgehead atoms. The molecule has 1 aromatic rings. The fraction of sp³-hybridized carbons (Fsp3) is 0.571. The molecule has 2 unspecified atom stereocenters. The van der Waals surface area contributed by atoms with Gasteiger partial charge in [-0.1, -0.05) is 18.5 Å². The maximum absolute atomic E-state index is 12.8. The molecule has 1 aliphatic heterocycles. The van der Waals surface area contributed by atoms with Crippen LogP contribution in [0.25, 0.3) is 0 Å². The van der Waals surface area contributed by atoms with Gasteiger partial charge in [-0.15, -0.1) is 0 Å². The van der Waals surface area contributed by atoms with Gasteiger partial charge in [0.2, 0.25) is 0 Å². The van der Waals surface area contributed by atoms with Gasteiger partial charge in [-0.25, -0.2) is 0 Å². The minimum absolute atomic E-state index is 0.123. The van der Waals surface area contributed by atoms with E-state index >= 15 is 0 Å². The molecule has 0 aliphatic carbocycles. The lowest BCUT2D eigenvalue weighted by Crippen LogP contribution is -2.47. The summed E-state index contributed by atoms with van der Waals surface area (Å²) in [7, 11) is 1.91. The first kappa shape index (κ1) is 15.4. The van der Waals surface area contributed by atoms with E-state index in [9.17, 15) is 13.2 Å². The minimum atomic E-state index is -4.37. The van der Waals surface area contributed by atoms with Gasteiger partial charge in [-0.3, -0.25) is 0 Å². The molecule has 0 amide bonds. The second-order valence-electron chi connectivity index (χ2n) is 5.30. The summed E-state index contributed by atoms with van der Waals surface area (Å²) in [5.74, 6) is 0.377. The molecule has 0 saturated carbocycles. The van der Waals surface area contributed by atoms with Crippen molar-refractivity contribution in [2.75, 3.05) is 25.0 Å². The molecule has 0 spiro atoms. The van der Waals surface area contributed by atoms with E-state index in [2.05, 4.69) is 12.2 Å². The van der Waals surface area contributed by atoms with Gasteiger partial charge < -0.3 is 10.2 Å². The van der Waals surface area contributed by atoms with Crippen LogP contribution < -0.4 is 10.2 Å². The van der Waals surface area contributed by atoms with Crippen LogP contribution in [0.15, 0.2) is 18.2 Å². The normalized spacial score (nSPS) is 24.0. The number of rotatable bonds is 2. The Hall–Kier alpha value is -0.940. The number of anilines is 1. The Morgan fingerprint density at radius 1 is 1.30 bits per heavy atom. The van der Waals surface area contributed by atoms with E-state index in [-0.39, 0.29) is 5.02 Å². The topological polar surface area (TPSA) is 15.3 Å². The molecular weight excluding hydrogens is 289 g/mol. The summed E-state index contributed by atoms with van der Waals surface area (Å²) in [4.78, 5) is 1.97. The number of benzene rings is 1. The summed E-state index contributed by atoms with van der Waals surface area (Å²) in [5, 5.41) is 3.36. The van der Waals surface area contributed by atoms with E-state index < -0.39 is 11.7 Å². The fourth-order valence-corrected chi connectivity index (χ4v) is 2.96. The third-order valence-corrected chi connectivity index (χ3v) is 4.07. The SMILES string of the molecule is CNC1CCN(c2cc(Cl)cc(C(F)(F)F)c2)CC1C. The zero-order valence-corrected chi connectivity index (χ0v) is 12.2. The molecule has 112 valence electrons. The minimum Gasteiger partial charge on any atom is -0.371 e. The highest BCUT2D eigenvalue weighted by molar-refractivity contribution is 6.30. The van der Waals surface area contributed by atoms with Crippen molar-refractivity contribution in [3.05, 3.63) is 28.8 Å². The molecule has 2 atom stereocenters. The first-order valence-corrected chi connectivity index (χ1v) is 6.99. The van der Waals surface area contributed by atoms with Crippen molar-refractivity contribution < 1.29 is 13.2 Å². The Balaban J connectivity index is 2.23. The molecule has 1 N–H and O–H groups in total. The molecule has 0 aromatic heterocycles. The fourth-order valence-electron chi connectivity index (χ4n) is 2.73. The Morgan fingerprint density at radius 2 is 2.00 bits per heavy atom. The molecule has 1 aliphatic rings. The average molecular weight is 307 g/mol. The van der Waals surface area contributed by atoms with Crippen LogP contribution >= 0.6 is 11.6 Å². The van der Waals surface area contributed by atoms with Crippen molar-refractivity contribution in [1.29, 1.82) is 0 Å². The third kappa shape index (κ3) is 3.38. The van der Waals surface area contributed by atoms with Crippen LogP contribution in [-0.4, -0.2) is 26.2 Å². The first-order valence-electron chi connectivity index (χ1n) is 6.61. The quantitative estimate of drug-likeness (QED) is 0.894. The molecule has 1 heterocycles. The number of halogens is 4. The van der Waals surface area contributed by atoms with E-state index in [1.54, 1.807) is 6.07 Å². The molecule has 1 saturated heterocycles. The van der Waals surface area contributed by atoms with Gasteiger partial charge in [0.25, 0.3) is 0 Å². The predicted octanol–water partition coefficient (Wildman–Crippen LogP) is 3.79. The first-order chi connectivity index (χ1) is 9.31. The summed E-state index contributed by atoms with van der Waals surface area (Å²) < 4.78 is 38.5. The largest absolute Gasteiger partial charge is 0.416 e. The Kier molecular flexibility index (Phi) is 4.49. The van der Waals surface area contributed by atoms with Gasteiger partial charge >= 0.3 is 6.18 Å². The van der Waals surface area contributed by atoms with Crippen LogP contribution in [0.2, 0.25) is 5.02 Å². The predicted molar refractivity (Wildman–Crippen MR) is 75.3 cm³/mol. The monoisotopic (exact) mass is 306 g/mol. The smallest absolute Gasteiger partial charge is 0.371 e. The van der Waals surface area contributed by atoms with Crippen molar-refractivity contribution in [1.82, 2.24) is 5.32 Å². The highest BCUT2D eigenvalue weighted by Gasteiger charge is 2.32. The summed E-state index contributed by atoms with van der Waals surface area (Å²) in [6.07, 6.45) is -3.46. The zero-order chi connectivity index (χ0) is 14.9. The molecule has 0 radical (unpaired) electrons. The van der Waals surface area contributed by atoms with Crippen LogP contribution in [0.1, 0.15) is 18.9 Å². The number of nitrogens with one attached hydrogen (secondary N) is 1. The second kappa shape index (κ2) is 5.82. The lowest BCUT2D eigenvalue weighted by atomic mass is 9.93. The lowest BCUT2D eigenvalue weighted by molar-refractivity contribution is -0.137. The van der Waals surface area contributed by atoms with Gasteiger partial charge in [0, 0.05) is 29.8 Å². The van der Waals surface area contributed by atoms with Crippen LogP contribution in [-0.2, 0) is 6.18 Å². The van der Waals surface area contributed by atoms with Crippen molar-refractivity contribution in [3.63, 3.8) is 0 Å². The number of piperidine rings is 1. The number of nitrogens with zero attached hydrogens (tertiary/aromatic N) is 1. The van der Waals surface area contributed by atoms with Crippen molar-refractivity contribution in [3.8, 4) is 0 Å². The molecule has 2 rings (SSSR count). The average Bonchev–Trinajstić information content (AvgIpc) is 2.37. The lowest BCUT2D eigenvalue weighted by Gasteiger charge is -2.38. The van der Waals surface area contributed by atoms with E-state index in [4.69, 9.17) is 11.6 Å². The van der Waals surface area contributed by atoms with Crippen LogP contribution in [0, 0.1) is 5.92 Å². The highest BCUT2D eigenvalue weighted by atomic mass is 35.5. The van der Waals surface area contributed by atoms with Crippen molar-refractivity contribution >= 4 is 17.3 Å². The van der Waals surface area contributed by atoms with E-state index in [0.717, 1.165) is 25.6 Å².